The summed E-state index contributed by atoms with van der Waals surface area (Å²) < 4.78 is 2.12. The zero-order valence-electron chi connectivity index (χ0n) is 13.4. The van der Waals surface area contributed by atoms with Gasteiger partial charge in [-0.2, -0.15) is 0 Å². The smallest absolute Gasteiger partial charge is 0.294 e. The van der Waals surface area contributed by atoms with Gasteiger partial charge in [-0.3, -0.25) is 10.1 Å². The van der Waals surface area contributed by atoms with Crippen LogP contribution in [0.2, 0.25) is 10.0 Å². The van der Waals surface area contributed by atoms with Crippen molar-refractivity contribution in [2.24, 2.45) is 4.99 Å². The molecule has 1 aliphatic rings. The van der Waals surface area contributed by atoms with Gasteiger partial charge in [0.2, 0.25) is 0 Å². The van der Waals surface area contributed by atoms with Crippen molar-refractivity contribution >= 4 is 45.9 Å². The molecule has 8 heteroatoms. The third kappa shape index (κ3) is 3.28. The van der Waals surface area contributed by atoms with E-state index in [0.29, 0.717) is 21.8 Å². The van der Waals surface area contributed by atoms with Crippen molar-refractivity contribution < 1.29 is 4.92 Å². The van der Waals surface area contributed by atoms with Gasteiger partial charge >= 0.3 is 0 Å². The molecule has 1 fully saturated rings. The second-order valence-electron chi connectivity index (χ2n) is 5.99. The molecule has 0 unspecified atom stereocenters. The molecule has 2 aromatic carbocycles. The first kappa shape index (κ1) is 17.3. The van der Waals surface area contributed by atoms with Crippen molar-refractivity contribution in [3.8, 4) is 11.3 Å². The molecule has 0 aliphatic heterocycles. The van der Waals surface area contributed by atoms with Crippen LogP contribution < -0.4 is 4.80 Å². The lowest BCUT2D eigenvalue weighted by Crippen LogP contribution is -2.14. The molecule has 0 atom stereocenters. The maximum Gasteiger partial charge on any atom is 0.294 e. The quantitative estimate of drug-likeness (QED) is 0.394. The number of benzene rings is 2. The fraction of sp³-hybridized carbons (Fsp3) is 0.167. The first-order chi connectivity index (χ1) is 12.5. The molecule has 0 amide bonds. The summed E-state index contributed by atoms with van der Waals surface area (Å²) in [6.07, 6.45) is 2.11. The van der Waals surface area contributed by atoms with Crippen molar-refractivity contribution in [2.45, 2.75) is 18.9 Å². The van der Waals surface area contributed by atoms with Gasteiger partial charge in [0.1, 0.15) is 5.69 Å². The summed E-state index contributed by atoms with van der Waals surface area (Å²) in [6, 6.07) is 12.2. The lowest BCUT2D eigenvalue weighted by Gasteiger charge is -2.09. The minimum absolute atomic E-state index is 0.00526. The highest BCUT2D eigenvalue weighted by atomic mass is 35.5. The normalized spacial score (nSPS) is 14.6. The van der Waals surface area contributed by atoms with E-state index in [1.165, 1.54) is 17.4 Å². The van der Waals surface area contributed by atoms with Crippen LogP contribution in [0.4, 0.5) is 11.4 Å². The summed E-state index contributed by atoms with van der Waals surface area (Å²) in [5.41, 5.74) is 2.18. The molecular formula is C18H13Cl2N3O2S. The van der Waals surface area contributed by atoms with E-state index in [-0.39, 0.29) is 5.69 Å². The van der Waals surface area contributed by atoms with Gasteiger partial charge in [0, 0.05) is 28.1 Å². The number of hydrogen-bond acceptors (Lipinski definition) is 4. The lowest BCUT2D eigenvalue weighted by atomic mass is 10.1. The first-order valence-electron chi connectivity index (χ1n) is 7.98. The summed E-state index contributed by atoms with van der Waals surface area (Å²) >= 11 is 13.8. The molecule has 0 N–H and O–H groups in total. The predicted molar refractivity (Wildman–Crippen MR) is 104 cm³/mol. The maximum atomic E-state index is 11.3. The lowest BCUT2D eigenvalue weighted by molar-refractivity contribution is -0.384. The van der Waals surface area contributed by atoms with Crippen molar-refractivity contribution in [3.05, 3.63) is 72.8 Å². The Morgan fingerprint density at radius 2 is 1.96 bits per heavy atom. The number of halogens is 2. The van der Waals surface area contributed by atoms with Crippen molar-refractivity contribution in [1.29, 1.82) is 0 Å². The van der Waals surface area contributed by atoms with Gasteiger partial charge in [-0.15, -0.1) is 11.3 Å². The fourth-order valence-corrected chi connectivity index (χ4v) is 4.27. The average Bonchev–Trinajstić information content (AvgIpc) is 3.36. The van der Waals surface area contributed by atoms with Gasteiger partial charge in [0.15, 0.2) is 4.80 Å². The molecule has 26 heavy (non-hydrogen) atoms. The molecule has 1 heterocycles. The molecule has 1 saturated carbocycles. The summed E-state index contributed by atoms with van der Waals surface area (Å²) in [7, 11) is 0. The molecule has 1 aliphatic carbocycles. The molecular weight excluding hydrogens is 393 g/mol. The molecule has 132 valence electrons. The van der Waals surface area contributed by atoms with E-state index >= 15 is 0 Å². The van der Waals surface area contributed by atoms with Crippen LogP contribution in [0.25, 0.3) is 11.3 Å². The Kier molecular flexibility index (Phi) is 4.56. The topological polar surface area (TPSA) is 60.4 Å². The zero-order chi connectivity index (χ0) is 18.3. The Morgan fingerprint density at radius 3 is 2.65 bits per heavy atom. The average molecular weight is 406 g/mol. The Balaban J connectivity index is 1.90. The summed E-state index contributed by atoms with van der Waals surface area (Å²) in [5, 5.41) is 14.4. The molecule has 0 saturated heterocycles. The highest BCUT2D eigenvalue weighted by Gasteiger charge is 2.28. The van der Waals surface area contributed by atoms with Crippen LogP contribution in [0.1, 0.15) is 18.9 Å². The van der Waals surface area contributed by atoms with Gasteiger partial charge in [-0.05, 0) is 37.1 Å². The van der Waals surface area contributed by atoms with Gasteiger partial charge in [0.25, 0.3) is 5.69 Å². The molecule has 0 spiro atoms. The molecule has 3 aromatic rings. The molecule has 4 rings (SSSR count). The molecule has 0 radical (unpaired) electrons. The van der Waals surface area contributed by atoms with Gasteiger partial charge in [0.05, 0.1) is 15.6 Å². The zero-order valence-corrected chi connectivity index (χ0v) is 15.8. The number of aromatic nitrogens is 1. The summed E-state index contributed by atoms with van der Waals surface area (Å²) in [6.45, 7) is 0. The van der Waals surface area contributed by atoms with E-state index in [9.17, 15) is 10.1 Å². The molecule has 5 nitrogen and oxygen atoms in total. The van der Waals surface area contributed by atoms with Gasteiger partial charge in [-0.1, -0.05) is 35.3 Å². The van der Waals surface area contributed by atoms with Gasteiger partial charge < -0.3 is 4.57 Å². The number of hydrogen-bond donors (Lipinski definition) is 0. The summed E-state index contributed by atoms with van der Waals surface area (Å²) in [5.74, 6) is 0. The van der Waals surface area contributed by atoms with E-state index in [4.69, 9.17) is 23.2 Å². The van der Waals surface area contributed by atoms with Crippen molar-refractivity contribution in [3.63, 3.8) is 0 Å². The van der Waals surface area contributed by atoms with Crippen LogP contribution in [-0.2, 0) is 0 Å². The number of rotatable bonds is 4. The highest BCUT2D eigenvalue weighted by Crippen LogP contribution is 2.40. The monoisotopic (exact) mass is 405 g/mol. The van der Waals surface area contributed by atoms with Crippen LogP contribution in [-0.4, -0.2) is 9.49 Å². The number of para-hydroxylation sites is 2. The molecule has 1 aromatic heterocycles. The van der Waals surface area contributed by atoms with Crippen LogP contribution in [0.15, 0.2) is 52.8 Å². The molecule has 0 bridgehead atoms. The third-order valence-electron chi connectivity index (χ3n) is 4.16. The van der Waals surface area contributed by atoms with E-state index in [0.717, 1.165) is 28.9 Å². The number of nitrogens with zero attached hydrogens (tertiary/aromatic N) is 3. The Morgan fingerprint density at radius 1 is 1.19 bits per heavy atom. The van der Waals surface area contributed by atoms with Crippen LogP contribution in [0, 0.1) is 10.1 Å². The maximum absolute atomic E-state index is 11.3. The largest absolute Gasteiger partial charge is 0.313 e. The second kappa shape index (κ2) is 6.87. The fourth-order valence-electron chi connectivity index (χ4n) is 2.80. The summed E-state index contributed by atoms with van der Waals surface area (Å²) in [4.78, 5) is 16.2. The third-order valence-corrected chi connectivity index (χ3v) is 5.54. The Labute approximate surface area is 163 Å². The van der Waals surface area contributed by atoms with Crippen LogP contribution in [0.3, 0.4) is 0 Å². The SMILES string of the molecule is O=[N+]([O-])c1ccccc1N=c1scc(-c2ccc(Cl)cc2Cl)n1C1CC1. The van der Waals surface area contributed by atoms with Crippen molar-refractivity contribution in [2.75, 3.05) is 0 Å². The second-order valence-corrected chi connectivity index (χ2v) is 7.67. The van der Waals surface area contributed by atoms with Crippen LogP contribution in [0.5, 0.6) is 0 Å². The minimum atomic E-state index is -0.412. The Bertz CT molecular complexity index is 1070. The van der Waals surface area contributed by atoms with Crippen molar-refractivity contribution in [1.82, 2.24) is 4.57 Å². The van der Waals surface area contributed by atoms with E-state index < -0.39 is 4.92 Å². The van der Waals surface area contributed by atoms with E-state index in [1.807, 2.05) is 11.4 Å². The van der Waals surface area contributed by atoms with Crippen LogP contribution >= 0.6 is 34.5 Å². The highest BCUT2D eigenvalue weighted by molar-refractivity contribution is 7.07. The minimum Gasteiger partial charge on any atom is -0.313 e. The first-order valence-corrected chi connectivity index (χ1v) is 9.62. The van der Waals surface area contributed by atoms with E-state index in [1.54, 1.807) is 30.3 Å². The number of nitro benzene ring substituents is 1. The standard InChI is InChI=1S/C18H13Cl2N3O2S/c19-11-5-8-13(14(20)9-11)17-10-26-18(22(17)12-6-7-12)21-15-3-1-2-4-16(15)23(24)25/h1-5,8-10,12H,6-7H2. The van der Waals surface area contributed by atoms with Gasteiger partial charge in [-0.25, -0.2) is 4.99 Å². The number of thiazole rings is 1. The van der Waals surface area contributed by atoms with E-state index in [2.05, 4.69) is 9.56 Å². The predicted octanol–water partition coefficient (Wildman–Crippen LogP) is 6.00. The number of nitro groups is 1. The Hall–Kier alpha value is -2.15.